The monoisotopic (exact) mass is 309 g/mol. The molecule has 1 unspecified atom stereocenters. The molecule has 1 heterocycles. The Morgan fingerprint density at radius 3 is 2.33 bits per heavy atom. The van der Waals surface area contributed by atoms with Gasteiger partial charge in [0, 0.05) is 0 Å². The zero-order chi connectivity index (χ0) is 11.9. The summed E-state index contributed by atoms with van der Waals surface area (Å²) >= 11 is 17.0. The van der Waals surface area contributed by atoms with Crippen LogP contribution in [0.25, 0.3) is 0 Å². The molecule has 0 spiro atoms. The van der Waals surface area contributed by atoms with Crippen molar-refractivity contribution in [3.05, 3.63) is 5.51 Å². The molecule has 0 aliphatic carbocycles. The molecule has 0 saturated carbocycles. The fraction of sp³-hybridized carbons (Fsp3) is 0.667. The van der Waals surface area contributed by atoms with Crippen LogP contribution in [-0.2, 0) is 13.0 Å². The minimum atomic E-state index is -3.52. The molecule has 0 amide bonds. The SMILES string of the molecule is CC(C)S(=O)(=O)c1nnc[s+]1C(Cl)(Cl)Cl. The minimum Gasteiger partial charge on any atom is -0.217 e. The molecular formula is C6H8Cl3N2O2S2+. The van der Waals surface area contributed by atoms with Gasteiger partial charge < -0.3 is 0 Å². The number of hydrogen-bond donors (Lipinski definition) is 0. The van der Waals surface area contributed by atoms with Gasteiger partial charge in [-0.2, -0.15) is 0 Å². The van der Waals surface area contributed by atoms with Crippen LogP contribution in [-0.4, -0.2) is 23.9 Å². The Morgan fingerprint density at radius 1 is 1.40 bits per heavy atom. The maximum absolute atomic E-state index is 11.8. The van der Waals surface area contributed by atoms with Crippen LogP contribution in [0.5, 0.6) is 0 Å². The Hall–Kier alpha value is 0.380. The van der Waals surface area contributed by atoms with Gasteiger partial charge in [-0.3, -0.25) is 0 Å². The summed E-state index contributed by atoms with van der Waals surface area (Å²) in [6.07, 6.45) is 0. The van der Waals surface area contributed by atoms with Gasteiger partial charge in [0.15, 0.2) is 0 Å². The van der Waals surface area contributed by atoms with Crippen molar-refractivity contribution in [1.82, 2.24) is 10.2 Å². The maximum Gasteiger partial charge on any atom is 0.383 e. The second-order valence-electron chi connectivity index (χ2n) is 2.96. The third kappa shape index (κ3) is 2.74. The molecular weight excluding hydrogens is 303 g/mol. The predicted molar refractivity (Wildman–Crippen MR) is 62.4 cm³/mol. The summed E-state index contributed by atoms with van der Waals surface area (Å²) in [5, 5.41) is 6.43. The first-order chi connectivity index (χ1) is 6.67. The van der Waals surface area contributed by atoms with Gasteiger partial charge >= 0.3 is 7.46 Å². The molecule has 0 aromatic carbocycles. The summed E-state index contributed by atoms with van der Waals surface area (Å²) in [6, 6.07) is 0. The third-order valence-corrected chi connectivity index (χ3v) is 7.40. The molecule has 0 aliphatic rings. The largest absolute Gasteiger partial charge is 0.383 e. The lowest BCUT2D eigenvalue weighted by Crippen LogP contribution is -2.15. The van der Waals surface area contributed by atoms with Gasteiger partial charge in [0.2, 0.25) is 9.84 Å². The first kappa shape index (κ1) is 13.4. The van der Waals surface area contributed by atoms with Gasteiger partial charge in [0.25, 0.3) is 5.51 Å². The van der Waals surface area contributed by atoms with Crippen molar-refractivity contribution in [2.24, 2.45) is 0 Å². The number of hydrogen-bond acceptors (Lipinski definition) is 4. The molecule has 86 valence electrons. The molecule has 4 nitrogen and oxygen atoms in total. The molecule has 9 heteroatoms. The van der Waals surface area contributed by atoms with E-state index < -0.39 is 28.7 Å². The van der Waals surface area contributed by atoms with E-state index in [0.717, 1.165) is 0 Å². The van der Waals surface area contributed by atoms with Crippen molar-refractivity contribution in [2.45, 2.75) is 26.6 Å². The summed E-state index contributed by atoms with van der Waals surface area (Å²) in [4.78, 5) is 0. The Balaban J connectivity index is 3.36. The average Bonchev–Trinajstić information content (AvgIpc) is 2.49. The van der Waals surface area contributed by atoms with Crippen LogP contribution >= 0.6 is 45.3 Å². The molecule has 1 aromatic rings. The number of aromatic nitrogens is 2. The Bertz CT molecular complexity index is 449. The molecule has 0 fully saturated rings. The molecule has 0 saturated heterocycles. The van der Waals surface area contributed by atoms with E-state index in [1.54, 1.807) is 0 Å². The second-order valence-corrected chi connectivity index (χ2v) is 10.5. The number of alkyl halides is 3. The van der Waals surface area contributed by atoms with Crippen LogP contribution in [0.3, 0.4) is 0 Å². The lowest BCUT2D eigenvalue weighted by molar-refractivity contribution is 0.585. The topological polar surface area (TPSA) is 59.9 Å². The molecule has 0 N–H and O–H groups in total. The van der Waals surface area contributed by atoms with E-state index in [1.807, 2.05) is 0 Å². The Kier molecular flexibility index (Phi) is 3.88. The quantitative estimate of drug-likeness (QED) is 0.622. The van der Waals surface area contributed by atoms with Gasteiger partial charge in [-0.1, -0.05) is 10.2 Å². The number of nitrogens with zero attached hydrogens (tertiary/aromatic N) is 2. The van der Waals surface area contributed by atoms with E-state index in [1.165, 1.54) is 19.4 Å². The van der Waals surface area contributed by atoms with E-state index in [0.29, 0.717) is 0 Å². The second kappa shape index (κ2) is 4.33. The van der Waals surface area contributed by atoms with Crippen LogP contribution in [0, 0.1) is 0 Å². The summed E-state index contributed by atoms with van der Waals surface area (Å²) in [7, 11) is -4.73. The van der Waals surface area contributed by atoms with Crippen LogP contribution < -0.4 is 0 Å². The van der Waals surface area contributed by atoms with Crippen LogP contribution in [0.15, 0.2) is 9.85 Å². The van der Waals surface area contributed by atoms with Crippen LogP contribution in [0.4, 0.5) is 0 Å². The smallest absolute Gasteiger partial charge is 0.217 e. The lowest BCUT2D eigenvalue weighted by atomic mass is 10.6. The van der Waals surface area contributed by atoms with E-state index in [-0.39, 0.29) is 4.34 Å². The van der Waals surface area contributed by atoms with Gasteiger partial charge in [-0.15, -0.1) is 0 Å². The van der Waals surface area contributed by atoms with Crippen LogP contribution in [0.2, 0.25) is 0 Å². The summed E-state index contributed by atoms with van der Waals surface area (Å²) in [6.45, 7) is 3.08. The highest BCUT2D eigenvalue weighted by Crippen LogP contribution is 2.51. The number of halogens is 3. The fourth-order valence-corrected chi connectivity index (χ4v) is 5.51. The summed E-state index contributed by atoms with van der Waals surface area (Å²) in [5.41, 5.74) is 1.25. The zero-order valence-corrected chi connectivity index (χ0v) is 11.7. The van der Waals surface area contributed by atoms with Gasteiger partial charge in [0.1, 0.15) is 0 Å². The fourth-order valence-electron chi connectivity index (χ4n) is 0.749. The van der Waals surface area contributed by atoms with Gasteiger partial charge in [-0.05, 0) is 48.7 Å². The van der Waals surface area contributed by atoms with Gasteiger partial charge in [-0.25, -0.2) is 8.42 Å². The average molecular weight is 311 g/mol. The normalized spacial score (nSPS) is 14.7. The zero-order valence-electron chi connectivity index (χ0n) is 7.82. The highest BCUT2D eigenvalue weighted by molar-refractivity contribution is 7.94. The first-order valence-corrected chi connectivity index (χ1v) is 7.79. The van der Waals surface area contributed by atoms with E-state index in [9.17, 15) is 8.42 Å². The molecule has 0 aliphatic heterocycles. The Morgan fingerprint density at radius 2 is 1.93 bits per heavy atom. The molecule has 1 atom stereocenters. The summed E-state index contributed by atoms with van der Waals surface area (Å²) < 4.78 is 21.7. The number of rotatable bonds is 2. The van der Waals surface area contributed by atoms with E-state index in [2.05, 4.69) is 10.2 Å². The van der Waals surface area contributed by atoms with Crippen molar-refractivity contribution < 1.29 is 8.42 Å². The van der Waals surface area contributed by atoms with E-state index >= 15 is 0 Å². The lowest BCUT2D eigenvalue weighted by Gasteiger charge is -2.04. The van der Waals surface area contributed by atoms with Crippen molar-refractivity contribution in [1.29, 1.82) is 0 Å². The minimum absolute atomic E-state index is 0.155. The molecule has 0 radical (unpaired) electrons. The van der Waals surface area contributed by atoms with Crippen molar-refractivity contribution in [3.63, 3.8) is 0 Å². The standard InChI is InChI=1S/C6H8Cl3N2O2S2/c1-4(2)15(12,13)5-11-10-3-14(5)6(7,8)9/h3-4H,1-2H3/q+1. The van der Waals surface area contributed by atoms with Crippen molar-refractivity contribution >= 4 is 55.1 Å². The van der Waals surface area contributed by atoms with Crippen LogP contribution in [0.1, 0.15) is 13.8 Å². The summed E-state index contributed by atoms with van der Waals surface area (Å²) in [5.74, 6) is 0. The first-order valence-electron chi connectivity index (χ1n) is 3.82. The molecule has 0 bridgehead atoms. The van der Waals surface area contributed by atoms with Gasteiger partial charge in [0.05, 0.1) is 15.7 Å². The Labute approximate surface area is 105 Å². The number of sulfone groups is 1. The van der Waals surface area contributed by atoms with Crippen molar-refractivity contribution in [3.8, 4) is 0 Å². The van der Waals surface area contributed by atoms with E-state index in [4.69, 9.17) is 34.8 Å². The third-order valence-electron chi connectivity index (χ3n) is 1.59. The molecule has 1 rings (SSSR count). The maximum atomic E-state index is 11.8. The molecule has 1 aromatic heterocycles. The highest BCUT2D eigenvalue weighted by Gasteiger charge is 2.45. The molecule has 15 heavy (non-hydrogen) atoms. The predicted octanol–water partition coefficient (Wildman–Crippen LogP) is 2.69. The highest BCUT2D eigenvalue weighted by atomic mass is 35.6. The van der Waals surface area contributed by atoms with Crippen molar-refractivity contribution in [2.75, 3.05) is 0 Å².